The topological polar surface area (TPSA) is 69.2 Å². The Balaban J connectivity index is 1.88. The fourth-order valence-corrected chi connectivity index (χ4v) is 2.04. The molecule has 1 aliphatic rings. The van der Waals surface area contributed by atoms with Gasteiger partial charge in [-0.25, -0.2) is 0 Å². The highest BCUT2D eigenvalue weighted by molar-refractivity contribution is 6.28. The molecule has 2 rings (SSSR count). The second kappa shape index (κ2) is 6.86. The van der Waals surface area contributed by atoms with E-state index in [1.165, 1.54) is 0 Å². The number of rotatable bonds is 7. The molecule has 0 aromatic carbocycles. The number of aromatic nitrogens is 3. The first kappa shape index (κ1) is 14.3. The standard InChI is InChI=1S/C12H19ClN4O2/c1-3-5-19-12-16-10(13)15-11(17-12)14-8-6-9(7-8)18-4-2/h8-9H,3-7H2,1-2H3,(H,14,15,16,17). The molecule has 7 heteroatoms. The Bertz CT molecular complexity index is 413. The summed E-state index contributed by atoms with van der Waals surface area (Å²) in [6, 6.07) is 0.596. The lowest BCUT2D eigenvalue weighted by atomic mass is 9.89. The average Bonchev–Trinajstić information content (AvgIpc) is 2.33. The number of halogens is 1. The van der Waals surface area contributed by atoms with E-state index in [1.807, 2.05) is 13.8 Å². The van der Waals surface area contributed by atoms with Crippen LogP contribution >= 0.6 is 11.6 Å². The second-order valence-corrected chi connectivity index (χ2v) is 4.79. The van der Waals surface area contributed by atoms with Crippen LogP contribution in [0.5, 0.6) is 6.01 Å². The number of nitrogens with one attached hydrogen (secondary N) is 1. The molecule has 0 spiro atoms. The Labute approximate surface area is 117 Å². The van der Waals surface area contributed by atoms with Gasteiger partial charge in [0, 0.05) is 12.6 Å². The largest absolute Gasteiger partial charge is 0.463 e. The molecule has 1 aromatic heterocycles. The molecular formula is C12H19ClN4O2. The molecule has 0 atom stereocenters. The lowest BCUT2D eigenvalue weighted by Crippen LogP contribution is -2.41. The Morgan fingerprint density at radius 2 is 2.05 bits per heavy atom. The van der Waals surface area contributed by atoms with Crippen molar-refractivity contribution in [2.45, 2.75) is 45.3 Å². The lowest BCUT2D eigenvalue weighted by molar-refractivity contribution is 0.00284. The van der Waals surface area contributed by atoms with Crippen LogP contribution in [0.1, 0.15) is 33.1 Å². The normalized spacial score (nSPS) is 21.8. The molecule has 1 aliphatic carbocycles. The molecule has 0 unspecified atom stereocenters. The molecule has 1 saturated carbocycles. The van der Waals surface area contributed by atoms with Crippen LogP contribution in [-0.4, -0.2) is 40.3 Å². The maximum absolute atomic E-state index is 5.85. The molecule has 0 bridgehead atoms. The molecule has 1 N–H and O–H groups in total. The number of hydrogen-bond acceptors (Lipinski definition) is 6. The number of anilines is 1. The molecule has 6 nitrogen and oxygen atoms in total. The summed E-state index contributed by atoms with van der Waals surface area (Å²) in [5.74, 6) is 0.464. The summed E-state index contributed by atoms with van der Waals surface area (Å²) in [6.07, 6.45) is 3.16. The van der Waals surface area contributed by atoms with E-state index in [0.29, 0.717) is 24.7 Å². The van der Waals surface area contributed by atoms with Gasteiger partial charge < -0.3 is 14.8 Å². The summed E-state index contributed by atoms with van der Waals surface area (Å²) in [5, 5.41) is 3.36. The van der Waals surface area contributed by atoms with E-state index in [2.05, 4.69) is 20.3 Å². The lowest BCUT2D eigenvalue weighted by Gasteiger charge is -2.35. The van der Waals surface area contributed by atoms with Crippen molar-refractivity contribution in [3.05, 3.63) is 5.28 Å². The van der Waals surface area contributed by atoms with Gasteiger partial charge in [0.15, 0.2) is 0 Å². The van der Waals surface area contributed by atoms with Crippen LogP contribution in [0, 0.1) is 0 Å². The monoisotopic (exact) mass is 286 g/mol. The maximum Gasteiger partial charge on any atom is 0.322 e. The summed E-state index contributed by atoms with van der Waals surface area (Å²) in [7, 11) is 0. The summed E-state index contributed by atoms with van der Waals surface area (Å²) in [4.78, 5) is 12.2. The molecular weight excluding hydrogens is 268 g/mol. The van der Waals surface area contributed by atoms with E-state index in [4.69, 9.17) is 21.1 Å². The highest BCUT2D eigenvalue weighted by Crippen LogP contribution is 2.26. The number of ether oxygens (including phenoxy) is 2. The van der Waals surface area contributed by atoms with Crippen molar-refractivity contribution in [3.8, 4) is 6.01 Å². The van der Waals surface area contributed by atoms with Crippen LogP contribution in [0.2, 0.25) is 5.28 Å². The molecule has 0 saturated heterocycles. The Kier molecular flexibility index (Phi) is 5.15. The average molecular weight is 287 g/mol. The molecule has 0 amide bonds. The van der Waals surface area contributed by atoms with Crippen molar-refractivity contribution in [2.24, 2.45) is 0 Å². The summed E-state index contributed by atoms with van der Waals surface area (Å²) in [6.45, 7) is 5.34. The SMILES string of the molecule is CCCOc1nc(Cl)nc(NC2CC(OCC)C2)n1. The van der Waals surface area contributed by atoms with E-state index in [-0.39, 0.29) is 11.3 Å². The highest BCUT2D eigenvalue weighted by atomic mass is 35.5. The molecule has 0 aliphatic heterocycles. The van der Waals surface area contributed by atoms with Gasteiger partial charge in [0.1, 0.15) is 0 Å². The van der Waals surface area contributed by atoms with Crippen LogP contribution in [0.3, 0.4) is 0 Å². The molecule has 19 heavy (non-hydrogen) atoms. The quantitative estimate of drug-likeness (QED) is 0.829. The third-order valence-corrected chi connectivity index (χ3v) is 3.02. The highest BCUT2D eigenvalue weighted by Gasteiger charge is 2.30. The van der Waals surface area contributed by atoms with Gasteiger partial charge in [-0.3, -0.25) is 0 Å². The zero-order valence-electron chi connectivity index (χ0n) is 11.2. The minimum absolute atomic E-state index is 0.143. The van der Waals surface area contributed by atoms with Crippen molar-refractivity contribution in [3.63, 3.8) is 0 Å². The molecule has 106 valence electrons. The van der Waals surface area contributed by atoms with Crippen molar-refractivity contribution in [2.75, 3.05) is 18.5 Å². The van der Waals surface area contributed by atoms with Crippen molar-refractivity contribution in [1.29, 1.82) is 0 Å². The Hall–Kier alpha value is -1.14. The minimum Gasteiger partial charge on any atom is -0.463 e. The Morgan fingerprint density at radius 1 is 1.26 bits per heavy atom. The second-order valence-electron chi connectivity index (χ2n) is 4.45. The van der Waals surface area contributed by atoms with Gasteiger partial charge in [0.25, 0.3) is 0 Å². The van der Waals surface area contributed by atoms with Gasteiger partial charge >= 0.3 is 6.01 Å². The molecule has 0 radical (unpaired) electrons. The van der Waals surface area contributed by atoms with Gasteiger partial charge in [-0.1, -0.05) is 6.92 Å². The summed E-state index contributed by atoms with van der Waals surface area (Å²) < 4.78 is 10.9. The minimum atomic E-state index is 0.143. The predicted molar refractivity (Wildman–Crippen MR) is 72.7 cm³/mol. The van der Waals surface area contributed by atoms with Crippen molar-refractivity contribution < 1.29 is 9.47 Å². The number of hydrogen-bond donors (Lipinski definition) is 1. The van der Waals surface area contributed by atoms with E-state index in [1.54, 1.807) is 0 Å². The van der Waals surface area contributed by atoms with Crippen molar-refractivity contribution >= 4 is 17.5 Å². The molecule has 1 fully saturated rings. The van der Waals surface area contributed by atoms with Gasteiger partial charge in [-0.15, -0.1) is 0 Å². The van der Waals surface area contributed by atoms with E-state index >= 15 is 0 Å². The smallest absolute Gasteiger partial charge is 0.322 e. The maximum atomic E-state index is 5.85. The third-order valence-electron chi connectivity index (χ3n) is 2.85. The first-order valence-corrected chi connectivity index (χ1v) is 7.01. The summed E-state index contributed by atoms with van der Waals surface area (Å²) >= 11 is 5.85. The van der Waals surface area contributed by atoms with Gasteiger partial charge in [-0.05, 0) is 37.8 Å². The van der Waals surface area contributed by atoms with E-state index in [9.17, 15) is 0 Å². The van der Waals surface area contributed by atoms with Crippen LogP contribution in [0.15, 0.2) is 0 Å². The fourth-order valence-electron chi connectivity index (χ4n) is 1.89. The zero-order valence-corrected chi connectivity index (χ0v) is 12.0. The number of nitrogens with zero attached hydrogens (tertiary/aromatic N) is 3. The molecule has 1 heterocycles. The zero-order chi connectivity index (χ0) is 13.7. The van der Waals surface area contributed by atoms with Gasteiger partial charge in [0.2, 0.25) is 11.2 Å². The fraction of sp³-hybridized carbons (Fsp3) is 0.750. The van der Waals surface area contributed by atoms with Crippen LogP contribution in [0.25, 0.3) is 0 Å². The Morgan fingerprint density at radius 3 is 2.74 bits per heavy atom. The summed E-state index contributed by atoms with van der Waals surface area (Å²) in [5.41, 5.74) is 0. The van der Waals surface area contributed by atoms with Crippen LogP contribution in [0.4, 0.5) is 5.95 Å². The van der Waals surface area contributed by atoms with Crippen molar-refractivity contribution in [1.82, 2.24) is 15.0 Å². The van der Waals surface area contributed by atoms with Crippen LogP contribution < -0.4 is 10.1 Å². The van der Waals surface area contributed by atoms with Gasteiger partial charge in [0.05, 0.1) is 12.7 Å². The first-order chi connectivity index (χ1) is 9.21. The first-order valence-electron chi connectivity index (χ1n) is 6.63. The predicted octanol–water partition coefficient (Wildman–Crippen LogP) is 2.29. The van der Waals surface area contributed by atoms with Crippen LogP contribution in [-0.2, 0) is 4.74 Å². The van der Waals surface area contributed by atoms with Gasteiger partial charge in [-0.2, -0.15) is 15.0 Å². The molecule has 1 aromatic rings. The van der Waals surface area contributed by atoms with E-state index < -0.39 is 0 Å². The third kappa shape index (κ3) is 4.18. The van der Waals surface area contributed by atoms with E-state index in [0.717, 1.165) is 25.9 Å².